The maximum atomic E-state index is 12.8. The van der Waals surface area contributed by atoms with E-state index in [0.717, 1.165) is 27.4 Å². The zero-order chi connectivity index (χ0) is 21.0. The Morgan fingerprint density at radius 3 is 2.48 bits per heavy atom. The monoisotopic (exact) mass is 412 g/mol. The minimum atomic E-state index is -3.64. The lowest BCUT2D eigenvalue weighted by Crippen LogP contribution is -2.47. The number of nitrogens with zero attached hydrogens (tertiary/aromatic N) is 3. The number of benzene rings is 2. The van der Waals surface area contributed by atoms with Crippen molar-refractivity contribution in [1.29, 1.82) is 0 Å². The van der Waals surface area contributed by atoms with E-state index in [0.29, 0.717) is 5.69 Å². The van der Waals surface area contributed by atoms with Crippen LogP contribution in [0.5, 0.6) is 0 Å². The van der Waals surface area contributed by atoms with Gasteiger partial charge < -0.3 is 9.88 Å². The SMILES string of the molecule is Cc1ccc(N([C@@H](C)C(=O)NCc2ccccc2-n2ccnc2)S(C)(=O)=O)cc1. The molecule has 1 N–H and O–H groups in total. The van der Waals surface area contributed by atoms with Gasteiger partial charge in [-0.2, -0.15) is 0 Å². The molecule has 7 nitrogen and oxygen atoms in total. The van der Waals surface area contributed by atoms with Crippen LogP contribution in [-0.2, 0) is 21.4 Å². The molecule has 3 rings (SSSR count). The summed E-state index contributed by atoms with van der Waals surface area (Å²) in [5, 5.41) is 2.86. The molecule has 0 unspecified atom stereocenters. The number of carbonyl (C=O) groups is 1. The molecule has 0 aliphatic rings. The lowest BCUT2D eigenvalue weighted by atomic mass is 10.1. The Labute approximate surface area is 171 Å². The van der Waals surface area contributed by atoms with Crippen LogP contribution in [0.15, 0.2) is 67.3 Å². The van der Waals surface area contributed by atoms with Crippen LogP contribution in [0.1, 0.15) is 18.1 Å². The molecule has 0 spiro atoms. The van der Waals surface area contributed by atoms with E-state index in [-0.39, 0.29) is 12.5 Å². The molecule has 0 aliphatic carbocycles. The molecule has 0 saturated carbocycles. The fraction of sp³-hybridized carbons (Fsp3) is 0.238. The van der Waals surface area contributed by atoms with Crippen LogP contribution in [-0.4, -0.2) is 36.2 Å². The number of aryl methyl sites for hydroxylation is 1. The quantitative estimate of drug-likeness (QED) is 0.647. The molecule has 0 radical (unpaired) electrons. The van der Waals surface area contributed by atoms with Gasteiger partial charge in [-0.25, -0.2) is 13.4 Å². The third kappa shape index (κ3) is 4.83. The number of rotatable bonds is 7. The topological polar surface area (TPSA) is 84.3 Å². The number of sulfonamides is 1. The summed E-state index contributed by atoms with van der Waals surface area (Å²) in [7, 11) is -3.64. The smallest absolute Gasteiger partial charge is 0.243 e. The van der Waals surface area contributed by atoms with E-state index in [1.807, 2.05) is 54.1 Å². The molecular formula is C21H24N4O3S. The first-order chi connectivity index (χ1) is 13.8. The largest absolute Gasteiger partial charge is 0.350 e. The molecule has 0 saturated heterocycles. The fourth-order valence-electron chi connectivity index (χ4n) is 3.14. The van der Waals surface area contributed by atoms with Crippen LogP contribution in [0.2, 0.25) is 0 Å². The minimum absolute atomic E-state index is 0.267. The zero-order valence-electron chi connectivity index (χ0n) is 16.6. The summed E-state index contributed by atoms with van der Waals surface area (Å²) >= 11 is 0. The van der Waals surface area contributed by atoms with E-state index in [2.05, 4.69) is 10.3 Å². The highest BCUT2D eigenvalue weighted by Crippen LogP contribution is 2.21. The fourth-order valence-corrected chi connectivity index (χ4v) is 4.32. The lowest BCUT2D eigenvalue weighted by Gasteiger charge is -2.28. The second-order valence-electron chi connectivity index (χ2n) is 6.89. The van der Waals surface area contributed by atoms with Gasteiger partial charge >= 0.3 is 0 Å². The van der Waals surface area contributed by atoms with Crippen LogP contribution in [0.3, 0.4) is 0 Å². The Hall–Kier alpha value is -3.13. The molecule has 1 amide bonds. The van der Waals surface area contributed by atoms with Gasteiger partial charge in [0, 0.05) is 18.9 Å². The standard InChI is InChI=1S/C21H24N4O3S/c1-16-8-10-19(11-9-16)25(29(3,27)28)17(2)21(26)23-14-18-6-4-5-7-20(18)24-13-12-22-15-24/h4-13,15,17H,14H2,1-3H3,(H,23,26)/t17-/m0/s1. The van der Waals surface area contributed by atoms with Crippen LogP contribution < -0.4 is 9.62 Å². The highest BCUT2D eigenvalue weighted by Gasteiger charge is 2.29. The third-order valence-electron chi connectivity index (χ3n) is 4.60. The summed E-state index contributed by atoms with van der Waals surface area (Å²) in [4.78, 5) is 16.9. The van der Waals surface area contributed by atoms with Gasteiger partial charge in [-0.1, -0.05) is 35.9 Å². The number of anilines is 1. The van der Waals surface area contributed by atoms with Gasteiger partial charge in [0.25, 0.3) is 0 Å². The molecule has 0 aliphatic heterocycles. The molecular weight excluding hydrogens is 388 g/mol. The highest BCUT2D eigenvalue weighted by molar-refractivity contribution is 7.92. The van der Waals surface area contributed by atoms with Crippen LogP contribution in [0.4, 0.5) is 5.69 Å². The summed E-state index contributed by atoms with van der Waals surface area (Å²) in [6, 6.07) is 13.8. The number of amides is 1. The van der Waals surface area contributed by atoms with Gasteiger partial charge in [-0.15, -0.1) is 0 Å². The van der Waals surface area contributed by atoms with Gasteiger partial charge in [0.05, 0.1) is 24.0 Å². The number of imidazole rings is 1. The summed E-state index contributed by atoms with van der Waals surface area (Å²) in [6.45, 7) is 3.77. The summed E-state index contributed by atoms with van der Waals surface area (Å²) < 4.78 is 27.8. The summed E-state index contributed by atoms with van der Waals surface area (Å²) in [6.07, 6.45) is 6.30. The normalized spacial score (nSPS) is 12.4. The van der Waals surface area contributed by atoms with Crippen LogP contribution >= 0.6 is 0 Å². The first kappa shape index (κ1) is 20.6. The van der Waals surface area contributed by atoms with Crippen molar-refractivity contribution in [2.45, 2.75) is 26.4 Å². The van der Waals surface area contributed by atoms with Crippen molar-refractivity contribution >= 4 is 21.6 Å². The van der Waals surface area contributed by atoms with E-state index in [9.17, 15) is 13.2 Å². The maximum absolute atomic E-state index is 12.8. The average Bonchev–Trinajstić information content (AvgIpc) is 3.21. The first-order valence-corrected chi connectivity index (χ1v) is 11.0. The molecule has 8 heteroatoms. The number of nitrogens with one attached hydrogen (secondary N) is 1. The second kappa shape index (κ2) is 8.48. The number of hydrogen-bond acceptors (Lipinski definition) is 4. The number of carbonyl (C=O) groups excluding carboxylic acids is 1. The first-order valence-electron chi connectivity index (χ1n) is 9.17. The molecule has 0 fully saturated rings. The van der Waals surface area contributed by atoms with Crippen molar-refractivity contribution in [3.63, 3.8) is 0 Å². The van der Waals surface area contributed by atoms with E-state index in [1.165, 1.54) is 0 Å². The van der Waals surface area contributed by atoms with Gasteiger partial charge in [-0.05, 0) is 37.6 Å². The van der Waals surface area contributed by atoms with Gasteiger partial charge in [0.1, 0.15) is 6.04 Å². The van der Waals surface area contributed by atoms with Crippen molar-refractivity contribution in [3.05, 3.63) is 78.4 Å². The van der Waals surface area contributed by atoms with Crippen molar-refractivity contribution in [1.82, 2.24) is 14.9 Å². The van der Waals surface area contributed by atoms with E-state index in [4.69, 9.17) is 0 Å². The molecule has 1 atom stereocenters. The molecule has 2 aromatic carbocycles. The molecule has 29 heavy (non-hydrogen) atoms. The molecule has 0 bridgehead atoms. The third-order valence-corrected chi connectivity index (χ3v) is 5.85. The number of para-hydroxylation sites is 1. The lowest BCUT2D eigenvalue weighted by molar-refractivity contribution is -0.122. The minimum Gasteiger partial charge on any atom is -0.350 e. The van der Waals surface area contributed by atoms with Gasteiger partial charge in [0.15, 0.2) is 0 Å². The summed E-state index contributed by atoms with van der Waals surface area (Å²) in [5.41, 5.74) is 3.26. The zero-order valence-corrected chi connectivity index (χ0v) is 17.4. The van der Waals surface area contributed by atoms with E-state index < -0.39 is 16.1 Å². The van der Waals surface area contributed by atoms with Gasteiger partial charge in [0.2, 0.25) is 15.9 Å². The molecule has 1 heterocycles. The number of aromatic nitrogens is 2. The Bertz CT molecular complexity index is 1080. The predicted octanol–water partition coefficient (Wildman–Crippen LogP) is 2.65. The Morgan fingerprint density at radius 1 is 1.17 bits per heavy atom. The van der Waals surface area contributed by atoms with Crippen molar-refractivity contribution in [2.24, 2.45) is 0 Å². The van der Waals surface area contributed by atoms with Crippen molar-refractivity contribution in [3.8, 4) is 5.69 Å². The molecule has 152 valence electrons. The van der Waals surface area contributed by atoms with Gasteiger partial charge in [-0.3, -0.25) is 9.10 Å². The Balaban J connectivity index is 1.79. The Morgan fingerprint density at radius 2 is 1.86 bits per heavy atom. The van der Waals surface area contributed by atoms with Crippen LogP contribution in [0, 0.1) is 6.92 Å². The second-order valence-corrected chi connectivity index (χ2v) is 8.75. The number of hydrogen-bond donors (Lipinski definition) is 1. The highest BCUT2D eigenvalue weighted by atomic mass is 32.2. The maximum Gasteiger partial charge on any atom is 0.243 e. The molecule has 3 aromatic rings. The predicted molar refractivity (Wildman–Crippen MR) is 113 cm³/mol. The average molecular weight is 413 g/mol. The van der Waals surface area contributed by atoms with Crippen molar-refractivity contribution < 1.29 is 13.2 Å². The van der Waals surface area contributed by atoms with Crippen LogP contribution in [0.25, 0.3) is 5.69 Å². The summed E-state index contributed by atoms with van der Waals surface area (Å²) in [5.74, 6) is -0.378. The Kier molecular flexibility index (Phi) is 6.03. The van der Waals surface area contributed by atoms with E-state index >= 15 is 0 Å². The molecule has 1 aromatic heterocycles. The van der Waals surface area contributed by atoms with E-state index in [1.54, 1.807) is 31.6 Å². The van der Waals surface area contributed by atoms with Crippen molar-refractivity contribution in [2.75, 3.05) is 10.6 Å².